The van der Waals surface area contributed by atoms with E-state index in [1.54, 1.807) is 0 Å². The molecule has 0 saturated carbocycles. The predicted octanol–water partition coefficient (Wildman–Crippen LogP) is 14.3. The Balaban J connectivity index is 1.19. The molecule has 9 aromatic carbocycles. The van der Waals surface area contributed by atoms with Crippen LogP contribution in [0.3, 0.4) is 0 Å². The lowest BCUT2D eigenvalue weighted by Gasteiger charge is -2.35. The average Bonchev–Trinajstić information content (AvgIpc) is 3.79. The van der Waals surface area contributed by atoms with Crippen LogP contribution in [-0.2, 0) is 5.41 Å². The molecular weight excluding hydrogens is 689 g/mol. The minimum absolute atomic E-state index is 0.506. The topological polar surface area (TPSA) is 8.17 Å². The summed E-state index contributed by atoms with van der Waals surface area (Å²) in [5, 5.41) is 2.44. The number of aromatic nitrogens is 1. The molecule has 1 aromatic heterocycles. The molecule has 0 aliphatic heterocycles. The minimum Gasteiger partial charge on any atom is -0.308 e. The van der Waals surface area contributed by atoms with Crippen molar-refractivity contribution in [1.82, 2.24) is 4.57 Å². The second-order valence-corrected chi connectivity index (χ2v) is 14.9. The van der Waals surface area contributed by atoms with E-state index < -0.39 is 5.41 Å². The quantitative estimate of drug-likeness (QED) is 0.159. The average molecular weight is 727 g/mol. The molecule has 0 saturated heterocycles. The number of anilines is 3. The Morgan fingerprint density at radius 3 is 1.65 bits per heavy atom. The highest BCUT2D eigenvalue weighted by molar-refractivity contribution is 6.14. The first kappa shape index (κ1) is 33.0. The Hall–Kier alpha value is -7.42. The summed E-state index contributed by atoms with van der Waals surface area (Å²) in [6.07, 6.45) is 0. The Labute approximate surface area is 333 Å². The summed E-state index contributed by atoms with van der Waals surface area (Å²) in [7, 11) is 0. The third kappa shape index (κ3) is 5.11. The van der Waals surface area contributed by atoms with Gasteiger partial charge in [-0.15, -0.1) is 0 Å². The summed E-state index contributed by atoms with van der Waals surface area (Å²) in [6, 6.07) is 84.2. The molecule has 0 amide bonds. The number of para-hydroxylation sites is 3. The van der Waals surface area contributed by atoms with E-state index in [1.165, 1.54) is 60.8 Å². The van der Waals surface area contributed by atoms with Crippen LogP contribution in [0.2, 0.25) is 0 Å². The Kier molecular flexibility index (Phi) is 7.75. The number of nitrogens with zero attached hydrogens (tertiary/aromatic N) is 2. The second kappa shape index (κ2) is 13.4. The summed E-state index contributed by atoms with van der Waals surface area (Å²) in [6.45, 7) is 0. The molecule has 1 aliphatic rings. The van der Waals surface area contributed by atoms with Gasteiger partial charge in [0.25, 0.3) is 0 Å². The van der Waals surface area contributed by atoms with Crippen molar-refractivity contribution in [2.75, 3.05) is 4.90 Å². The van der Waals surface area contributed by atoms with Gasteiger partial charge in [-0.25, -0.2) is 0 Å². The first-order chi connectivity index (χ1) is 28.3. The van der Waals surface area contributed by atoms with Crippen LogP contribution in [0, 0.1) is 0 Å². The molecule has 0 spiro atoms. The van der Waals surface area contributed by atoms with Crippen LogP contribution in [0.5, 0.6) is 0 Å². The van der Waals surface area contributed by atoms with E-state index in [1.807, 2.05) is 0 Å². The highest BCUT2D eigenvalue weighted by Crippen LogP contribution is 2.57. The van der Waals surface area contributed by atoms with Gasteiger partial charge in [0.2, 0.25) is 0 Å². The summed E-state index contributed by atoms with van der Waals surface area (Å²) in [4.78, 5) is 2.46. The van der Waals surface area contributed by atoms with E-state index in [2.05, 4.69) is 240 Å². The number of rotatable bonds is 7. The second-order valence-electron chi connectivity index (χ2n) is 14.9. The molecule has 2 heteroatoms. The Morgan fingerprint density at radius 1 is 0.368 bits per heavy atom. The third-order valence-corrected chi connectivity index (χ3v) is 11.9. The number of hydrogen-bond acceptors (Lipinski definition) is 1. The van der Waals surface area contributed by atoms with Crippen LogP contribution in [0.1, 0.15) is 22.3 Å². The van der Waals surface area contributed by atoms with Gasteiger partial charge in [-0.1, -0.05) is 182 Å². The van der Waals surface area contributed by atoms with Crippen LogP contribution >= 0.6 is 0 Å². The highest BCUT2D eigenvalue weighted by atomic mass is 15.2. The molecule has 2 nitrogen and oxygen atoms in total. The zero-order valence-corrected chi connectivity index (χ0v) is 31.3. The van der Waals surface area contributed by atoms with Crippen molar-refractivity contribution < 1.29 is 0 Å². The largest absolute Gasteiger partial charge is 0.308 e. The Morgan fingerprint density at radius 2 is 0.930 bits per heavy atom. The van der Waals surface area contributed by atoms with E-state index in [0.29, 0.717) is 0 Å². The smallest absolute Gasteiger partial charge is 0.0782 e. The van der Waals surface area contributed by atoms with Gasteiger partial charge >= 0.3 is 0 Å². The van der Waals surface area contributed by atoms with Crippen LogP contribution in [0.25, 0.3) is 49.7 Å². The van der Waals surface area contributed by atoms with Gasteiger partial charge in [-0.3, -0.25) is 0 Å². The molecule has 0 atom stereocenters. The molecule has 0 radical (unpaired) electrons. The molecule has 1 aliphatic carbocycles. The van der Waals surface area contributed by atoms with Crippen molar-refractivity contribution in [3.05, 3.63) is 253 Å². The van der Waals surface area contributed by atoms with Crippen molar-refractivity contribution >= 4 is 38.9 Å². The normalized spacial score (nSPS) is 12.7. The fraction of sp³-hybridized carbons (Fsp3) is 0.0182. The van der Waals surface area contributed by atoms with Crippen molar-refractivity contribution in [3.63, 3.8) is 0 Å². The summed E-state index contributed by atoms with van der Waals surface area (Å²) >= 11 is 0. The molecule has 0 unspecified atom stereocenters. The van der Waals surface area contributed by atoms with Gasteiger partial charge in [0.1, 0.15) is 0 Å². The van der Waals surface area contributed by atoms with Crippen LogP contribution < -0.4 is 4.90 Å². The van der Waals surface area contributed by atoms with Gasteiger partial charge in [0.15, 0.2) is 0 Å². The van der Waals surface area contributed by atoms with Crippen LogP contribution in [-0.4, -0.2) is 4.57 Å². The lowest BCUT2D eigenvalue weighted by Crippen LogP contribution is -2.28. The van der Waals surface area contributed by atoms with Gasteiger partial charge in [0, 0.05) is 27.8 Å². The fourth-order valence-electron chi connectivity index (χ4n) is 9.46. The third-order valence-electron chi connectivity index (χ3n) is 11.9. The van der Waals surface area contributed by atoms with Crippen LogP contribution in [0.15, 0.2) is 231 Å². The maximum Gasteiger partial charge on any atom is 0.0782 e. The minimum atomic E-state index is -0.506. The van der Waals surface area contributed by atoms with Gasteiger partial charge in [0.05, 0.1) is 22.1 Å². The van der Waals surface area contributed by atoms with E-state index in [9.17, 15) is 0 Å². The van der Waals surface area contributed by atoms with Gasteiger partial charge in [-0.05, 0) is 93.0 Å². The molecule has 0 bridgehead atoms. The number of hydrogen-bond donors (Lipinski definition) is 0. The molecule has 1 heterocycles. The van der Waals surface area contributed by atoms with Crippen LogP contribution in [0.4, 0.5) is 17.1 Å². The van der Waals surface area contributed by atoms with Crippen molar-refractivity contribution in [3.8, 4) is 27.9 Å². The van der Waals surface area contributed by atoms with E-state index in [4.69, 9.17) is 0 Å². The maximum absolute atomic E-state index is 2.46. The zero-order valence-electron chi connectivity index (χ0n) is 31.3. The molecule has 11 rings (SSSR count). The molecule has 268 valence electrons. The summed E-state index contributed by atoms with van der Waals surface area (Å²) in [5.41, 5.74) is 16.3. The zero-order chi connectivity index (χ0) is 37.8. The van der Waals surface area contributed by atoms with Gasteiger partial charge < -0.3 is 9.47 Å². The lowest BCUT2D eigenvalue weighted by atomic mass is 9.67. The molecule has 0 fully saturated rings. The van der Waals surface area contributed by atoms with E-state index in [-0.39, 0.29) is 0 Å². The Bertz CT molecular complexity index is 3000. The first-order valence-electron chi connectivity index (χ1n) is 19.7. The molecular formula is C55H38N2. The van der Waals surface area contributed by atoms with E-state index >= 15 is 0 Å². The SMILES string of the molecule is c1ccc(-c2ccc(-n3c4ccccc4c4cccc(N(c5ccccc5)c5ccc6c(c5)C(c5ccccc5)(c5ccccc5)c5ccccc5-6)c43)cc2)cc1. The van der Waals surface area contributed by atoms with Crippen molar-refractivity contribution in [1.29, 1.82) is 0 Å². The summed E-state index contributed by atoms with van der Waals surface area (Å²) < 4.78 is 2.45. The number of fused-ring (bicyclic) bond motifs is 6. The standard InChI is InChI=1S/C55H38N2/c1-5-18-39(19-6-1)40-32-34-44(35-33-40)57-52-30-16-14-27-48(52)49-28-17-31-53(54(49)57)56(43-24-11-4-12-25-43)45-36-37-47-46-26-13-15-29-50(46)55(51(47)38-45,41-20-7-2-8-21-41)42-22-9-3-10-23-42/h1-38H. The first-order valence-corrected chi connectivity index (χ1v) is 19.7. The highest BCUT2D eigenvalue weighted by Gasteiger charge is 2.46. The monoisotopic (exact) mass is 726 g/mol. The molecule has 10 aromatic rings. The van der Waals surface area contributed by atoms with Gasteiger partial charge in [-0.2, -0.15) is 0 Å². The number of benzene rings is 9. The predicted molar refractivity (Wildman–Crippen MR) is 238 cm³/mol. The van der Waals surface area contributed by atoms with Crippen molar-refractivity contribution in [2.24, 2.45) is 0 Å². The molecule has 57 heavy (non-hydrogen) atoms. The summed E-state index contributed by atoms with van der Waals surface area (Å²) in [5.74, 6) is 0. The fourth-order valence-corrected chi connectivity index (χ4v) is 9.46. The maximum atomic E-state index is 2.46. The molecule has 0 N–H and O–H groups in total. The van der Waals surface area contributed by atoms with E-state index in [0.717, 1.165) is 28.3 Å². The lowest BCUT2D eigenvalue weighted by molar-refractivity contribution is 0.768. The van der Waals surface area contributed by atoms with Crippen molar-refractivity contribution in [2.45, 2.75) is 5.41 Å².